The van der Waals surface area contributed by atoms with Crippen molar-refractivity contribution in [1.29, 1.82) is 0 Å². The smallest absolute Gasteiger partial charge is 0.0914 e. The summed E-state index contributed by atoms with van der Waals surface area (Å²) in [6, 6.07) is 9.68. The first-order chi connectivity index (χ1) is 8.77. The average Bonchev–Trinajstić information content (AvgIpc) is 2.46. The lowest BCUT2D eigenvalue weighted by Crippen LogP contribution is -2.25. The Hall–Kier alpha value is -1.78. The molecule has 0 aliphatic carbocycles. The number of aromatic nitrogens is 2. The molecule has 4 heteroatoms. The van der Waals surface area contributed by atoms with E-state index in [4.69, 9.17) is 0 Å². The van der Waals surface area contributed by atoms with E-state index in [1.165, 1.54) is 0 Å². The number of benzene rings is 1. The fraction of sp³-hybridized carbons (Fsp3) is 0.286. The van der Waals surface area contributed by atoms with Gasteiger partial charge in [0.2, 0.25) is 0 Å². The van der Waals surface area contributed by atoms with Crippen molar-refractivity contribution in [2.45, 2.75) is 19.1 Å². The van der Waals surface area contributed by atoms with Gasteiger partial charge in [0.1, 0.15) is 0 Å². The van der Waals surface area contributed by atoms with Crippen molar-refractivity contribution in [2.24, 2.45) is 0 Å². The molecule has 0 radical (unpaired) electrons. The normalized spacial score (nSPS) is 14.1. The van der Waals surface area contributed by atoms with Gasteiger partial charge in [-0.1, -0.05) is 30.3 Å². The van der Waals surface area contributed by atoms with Crippen LogP contribution in [-0.2, 0) is 0 Å². The third-order valence-electron chi connectivity index (χ3n) is 2.83. The second-order valence-corrected chi connectivity index (χ2v) is 4.19. The first-order valence-electron chi connectivity index (χ1n) is 5.99. The van der Waals surface area contributed by atoms with Crippen LogP contribution in [0.5, 0.6) is 0 Å². The van der Waals surface area contributed by atoms with E-state index in [2.05, 4.69) is 15.3 Å². The largest absolute Gasteiger partial charge is 0.387 e. The van der Waals surface area contributed by atoms with E-state index in [0.717, 1.165) is 11.3 Å². The van der Waals surface area contributed by atoms with Crippen molar-refractivity contribution >= 4 is 0 Å². The predicted molar refractivity (Wildman–Crippen MR) is 69.9 cm³/mol. The lowest BCUT2D eigenvalue weighted by Gasteiger charge is -2.16. The van der Waals surface area contributed by atoms with Crippen LogP contribution >= 0.6 is 0 Å². The minimum absolute atomic E-state index is 0.0667. The van der Waals surface area contributed by atoms with Crippen LogP contribution in [0, 0.1) is 0 Å². The van der Waals surface area contributed by atoms with Crippen LogP contribution in [0.1, 0.15) is 30.3 Å². The molecule has 2 rings (SSSR count). The summed E-state index contributed by atoms with van der Waals surface area (Å²) in [7, 11) is 0. The Kier molecular flexibility index (Phi) is 4.39. The fourth-order valence-corrected chi connectivity index (χ4v) is 1.72. The molecular formula is C14H17N3O. The predicted octanol–water partition coefficient (Wildman–Crippen LogP) is 1.86. The third-order valence-corrected chi connectivity index (χ3v) is 2.83. The summed E-state index contributed by atoms with van der Waals surface area (Å²) >= 11 is 0. The van der Waals surface area contributed by atoms with Gasteiger partial charge in [0, 0.05) is 31.2 Å². The summed E-state index contributed by atoms with van der Waals surface area (Å²) in [6.45, 7) is 2.49. The number of hydrogen-bond acceptors (Lipinski definition) is 4. The SMILES string of the molecule is CC(NCC(O)c1ccccc1)c1cnccn1. The lowest BCUT2D eigenvalue weighted by molar-refractivity contribution is 0.170. The van der Waals surface area contributed by atoms with Crippen molar-refractivity contribution in [3.05, 3.63) is 60.2 Å². The number of hydrogen-bond donors (Lipinski definition) is 2. The van der Waals surface area contributed by atoms with Crippen molar-refractivity contribution in [3.8, 4) is 0 Å². The first-order valence-corrected chi connectivity index (χ1v) is 5.99. The monoisotopic (exact) mass is 243 g/mol. The van der Waals surface area contributed by atoms with Crippen LogP contribution in [0.4, 0.5) is 0 Å². The minimum Gasteiger partial charge on any atom is -0.387 e. The topological polar surface area (TPSA) is 58.0 Å². The van der Waals surface area contributed by atoms with Gasteiger partial charge in [-0.05, 0) is 12.5 Å². The molecule has 0 saturated carbocycles. The summed E-state index contributed by atoms with van der Waals surface area (Å²) in [5, 5.41) is 13.3. The van der Waals surface area contributed by atoms with Gasteiger partial charge in [-0.2, -0.15) is 0 Å². The first kappa shape index (κ1) is 12.7. The molecule has 0 aliphatic heterocycles. The Balaban J connectivity index is 1.89. The highest BCUT2D eigenvalue weighted by Gasteiger charge is 2.10. The Bertz CT molecular complexity index is 415. The number of rotatable bonds is 5. The summed E-state index contributed by atoms with van der Waals surface area (Å²) in [5.74, 6) is 0. The molecule has 2 N–H and O–H groups in total. The van der Waals surface area contributed by atoms with E-state index in [-0.39, 0.29) is 6.04 Å². The molecular weight excluding hydrogens is 226 g/mol. The maximum atomic E-state index is 10.0. The van der Waals surface area contributed by atoms with Gasteiger partial charge in [-0.25, -0.2) is 0 Å². The Morgan fingerprint density at radius 2 is 2.00 bits per heavy atom. The Morgan fingerprint density at radius 3 is 2.67 bits per heavy atom. The van der Waals surface area contributed by atoms with E-state index in [1.807, 2.05) is 37.3 Å². The van der Waals surface area contributed by atoms with Gasteiger partial charge in [-0.15, -0.1) is 0 Å². The molecule has 2 atom stereocenters. The number of aliphatic hydroxyl groups excluding tert-OH is 1. The highest BCUT2D eigenvalue weighted by Crippen LogP contribution is 2.13. The van der Waals surface area contributed by atoms with E-state index in [9.17, 15) is 5.11 Å². The highest BCUT2D eigenvalue weighted by molar-refractivity contribution is 5.17. The fourth-order valence-electron chi connectivity index (χ4n) is 1.72. The summed E-state index contributed by atoms with van der Waals surface area (Å²) < 4.78 is 0. The third kappa shape index (κ3) is 3.35. The molecule has 0 saturated heterocycles. The van der Waals surface area contributed by atoms with Crippen LogP contribution < -0.4 is 5.32 Å². The van der Waals surface area contributed by atoms with Gasteiger partial charge in [-0.3, -0.25) is 9.97 Å². The molecule has 1 heterocycles. The molecule has 94 valence electrons. The van der Waals surface area contributed by atoms with Crippen LogP contribution in [0.15, 0.2) is 48.9 Å². The van der Waals surface area contributed by atoms with E-state index in [0.29, 0.717) is 6.54 Å². The molecule has 0 fully saturated rings. The number of nitrogens with one attached hydrogen (secondary N) is 1. The lowest BCUT2D eigenvalue weighted by atomic mass is 10.1. The number of nitrogens with zero attached hydrogens (tertiary/aromatic N) is 2. The maximum absolute atomic E-state index is 10.0. The van der Waals surface area contributed by atoms with Crippen molar-refractivity contribution in [1.82, 2.24) is 15.3 Å². The van der Waals surface area contributed by atoms with E-state index < -0.39 is 6.10 Å². The molecule has 2 unspecified atom stereocenters. The molecule has 2 aromatic rings. The number of aliphatic hydroxyl groups is 1. The quantitative estimate of drug-likeness (QED) is 0.841. The average molecular weight is 243 g/mol. The summed E-state index contributed by atoms with van der Waals surface area (Å²) in [4.78, 5) is 8.25. The van der Waals surface area contributed by atoms with Crippen LogP contribution in [-0.4, -0.2) is 21.6 Å². The van der Waals surface area contributed by atoms with Gasteiger partial charge in [0.15, 0.2) is 0 Å². The van der Waals surface area contributed by atoms with Crippen LogP contribution in [0.3, 0.4) is 0 Å². The van der Waals surface area contributed by atoms with E-state index >= 15 is 0 Å². The molecule has 0 amide bonds. The van der Waals surface area contributed by atoms with Gasteiger partial charge < -0.3 is 10.4 Å². The zero-order valence-corrected chi connectivity index (χ0v) is 10.3. The highest BCUT2D eigenvalue weighted by atomic mass is 16.3. The summed E-state index contributed by atoms with van der Waals surface area (Å²) in [5.41, 5.74) is 1.79. The van der Waals surface area contributed by atoms with Gasteiger partial charge >= 0.3 is 0 Å². The molecule has 18 heavy (non-hydrogen) atoms. The van der Waals surface area contributed by atoms with Crippen LogP contribution in [0.2, 0.25) is 0 Å². The zero-order chi connectivity index (χ0) is 12.8. The molecule has 0 aliphatic rings. The Morgan fingerprint density at radius 1 is 1.22 bits per heavy atom. The van der Waals surface area contributed by atoms with Crippen molar-refractivity contribution in [3.63, 3.8) is 0 Å². The Labute approximate surface area is 107 Å². The molecule has 0 spiro atoms. The molecule has 4 nitrogen and oxygen atoms in total. The second-order valence-electron chi connectivity index (χ2n) is 4.19. The second kappa shape index (κ2) is 6.23. The van der Waals surface area contributed by atoms with Crippen molar-refractivity contribution < 1.29 is 5.11 Å². The summed E-state index contributed by atoms with van der Waals surface area (Å²) in [6.07, 6.45) is 4.54. The molecule has 0 bridgehead atoms. The van der Waals surface area contributed by atoms with Crippen LogP contribution in [0.25, 0.3) is 0 Å². The van der Waals surface area contributed by atoms with E-state index in [1.54, 1.807) is 18.6 Å². The van der Waals surface area contributed by atoms with Crippen molar-refractivity contribution in [2.75, 3.05) is 6.54 Å². The molecule has 1 aromatic carbocycles. The minimum atomic E-state index is -0.509. The zero-order valence-electron chi connectivity index (χ0n) is 10.3. The molecule has 1 aromatic heterocycles. The van der Waals surface area contributed by atoms with Gasteiger partial charge in [0.25, 0.3) is 0 Å². The standard InChI is InChI=1S/C14H17N3O/c1-11(13-9-15-7-8-16-13)17-10-14(18)12-5-3-2-4-6-12/h2-9,11,14,17-18H,10H2,1H3. The maximum Gasteiger partial charge on any atom is 0.0914 e. The van der Waals surface area contributed by atoms with Gasteiger partial charge in [0.05, 0.1) is 11.8 Å².